The first-order valence-electron chi connectivity index (χ1n) is 21.1. The van der Waals surface area contributed by atoms with E-state index in [1.54, 1.807) is 16.7 Å². The Kier molecular flexibility index (Phi) is 12.3. The monoisotopic (exact) mass is 1000 g/mol. The van der Waals surface area contributed by atoms with Gasteiger partial charge in [-0.25, -0.2) is 0 Å². The molecule has 0 aromatic heterocycles. The second kappa shape index (κ2) is 15.2. The number of rotatable bonds is 12. The molecule has 3 aliphatic rings. The molecule has 0 fully saturated rings. The molecule has 56 heavy (non-hydrogen) atoms. The van der Waals surface area contributed by atoms with Gasteiger partial charge in [0.25, 0.3) is 0 Å². The Morgan fingerprint density at radius 1 is 0.464 bits per heavy atom. The van der Waals surface area contributed by atoms with E-state index in [4.69, 9.17) is 11.2 Å². The average molecular weight is 1000 g/mol. The molecule has 2 bridgehead atoms. The van der Waals surface area contributed by atoms with Gasteiger partial charge >= 0.3 is 368 Å². The zero-order chi connectivity index (χ0) is 41.8. The van der Waals surface area contributed by atoms with E-state index in [1.807, 2.05) is 3.61 Å². The molecule has 9 heteroatoms. The van der Waals surface area contributed by atoms with Gasteiger partial charge in [-0.1, -0.05) is 0 Å². The van der Waals surface area contributed by atoms with Gasteiger partial charge in [0.1, 0.15) is 0 Å². The third kappa shape index (κ3) is 7.98. The summed E-state index contributed by atoms with van der Waals surface area (Å²) in [5.41, 5.74) is 14.2. The quantitative estimate of drug-likeness (QED) is 0.0980. The molecule has 0 saturated carbocycles. The van der Waals surface area contributed by atoms with E-state index in [-0.39, 0.29) is 11.1 Å². The van der Waals surface area contributed by atoms with Crippen LogP contribution in [-0.4, -0.2) is 68.8 Å². The normalized spacial score (nSPS) is 19.4. The molecule has 1 atom stereocenters. The summed E-state index contributed by atoms with van der Waals surface area (Å²) in [6, 6.07) is 34.2. The molecule has 0 amide bonds. The first-order chi connectivity index (χ1) is 25.5. The first kappa shape index (κ1) is 45.2. The minimum atomic E-state index is -1.68. The fraction of sp³-hybridized carbons (Fsp3) is 0.489. The van der Waals surface area contributed by atoms with Gasteiger partial charge in [0.2, 0.25) is 0 Å². The number of hydrogen-bond acceptors (Lipinski definition) is 0. The van der Waals surface area contributed by atoms with Gasteiger partial charge in [-0.2, -0.15) is 0 Å². The predicted molar refractivity (Wildman–Crippen MR) is 273 cm³/mol. The van der Waals surface area contributed by atoms with E-state index >= 15 is 0 Å². The Bertz CT molecular complexity index is 1900. The van der Waals surface area contributed by atoms with E-state index in [9.17, 15) is 0 Å². The van der Waals surface area contributed by atoms with Crippen molar-refractivity contribution in [2.75, 3.05) is 0 Å². The van der Waals surface area contributed by atoms with Gasteiger partial charge in [-0.3, -0.25) is 0 Å². The van der Waals surface area contributed by atoms with Crippen LogP contribution in [0, 0.1) is 0 Å². The summed E-state index contributed by atoms with van der Waals surface area (Å²) in [7, 11) is -9.88. The van der Waals surface area contributed by atoms with Crippen molar-refractivity contribution in [3.8, 4) is 0 Å². The molecule has 0 radical (unpaired) electrons. The van der Waals surface area contributed by atoms with Crippen LogP contribution in [0.5, 0.6) is 0 Å². The zero-order valence-corrected chi connectivity index (χ0v) is 48.1. The van der Waals surface area contributed by atoms with Gasteiger partial charge < -0.3 is 0 Å². The van der Waals surface area contributed by atoms with Gasteiger partial charge in [0, 0.05) is 0 Å². The van der Waals surface area contributed by atoms with Crippen LogP contribution in [-0.2, 0) is 5.16 Å². The van der Waals surface area contributed by atoms with Gasteiger partial charge in [-0.15, -0.1) is 0 Å². The zero-order valence-electron chi connectivity index (χ0n) is 38.1. The van der Waals surface area contributed by atoms with Crippen molar-refractivity contribution in [2.24, 2.45) is 0 Å². The molecule has 1 unspecified atom stereocenters. The van der Waals surface area contributed by atoms with Crippen LogP contribution in [0.25, 0.3) is 0 Å². The number of hydrogen-bond donors (Lipinski definition) is 0. The van der Waals surface area contributed by atoms with Crippen LogP contribution in [0.1, 0.15) is 71.5 Å². The van der Waals surface area contributed by atoms with Crippen molar-refractivity contribution < 1.29 is 0 Å². The van der Waals surface area contributed by atoms with E-state index in [0.29, 0.717) is 15.5 Å². The van der Waals surface area contributed by atoms with Gasteiger partial charge in [-0.05, 0) is 0 Å². The Hall–Kier alpha value is -0.309. The maximum absolute atomic E-state index is 8.70. The van der Waals surface area contributed by atoms with Crippen LogP contribution < -0.4 is 3.61 Å². The summed E-state index contributed by atoms with van der Waals surface area (Å²) < 4.78 is 1.81. The number of benzene rings is 4. The Balaban J connectivity index is 1.77. The third-order valence-electron chi connectivity index (χ3n) is 12.7. The van der Waals surface area contributed by atoms with E-state index < -0.39 is 73.8 Å². The fourth-order valence-corrected chi connectivity index (χ4v) is 64.0. The Morgan fingerprint density at radius 2 is 0.750 bits per heavy atom. The molecular formula is C47H72ClPSi6Te. The van der Waals surface area contributed by atoms with Crippen LogP contribution in [0.2, 0.25) is 118 Å². The Labute approximate surface area is 364 Å². The van der Waals surface area contributed by atoms with Crippen molar-refractivity contribution in [1.82, 2.24) is 0 Å². The molecule has 7 rings (SSSR count). The molecule has 0 heterocycles. The van der Waals surface area contributed by atoms with Crippen molar-refractivity contribution >= 4 is 88.6 Å². The van der Waals surface area contributed by atoms with E-state index in [1.165, 1.54) is 33.4 Å². The molecule has 0 aliphatic heterocycles. The summed E-state index contributed by atoms with van der Waals surface area (Å²) in [6.07, 6.45) is 0. The molecule has 302 valence electrons. The molecular weight excluding hydrogens is 927 g/mol. The van der Waals surface area contributed by atoms with Crippen molar-refractivity contribution in [3.05, 3.63) is 135 Å². The van der Waals surface area contributed by atoms with Crippen LogP contribution >= 0.6 is 16.2 Å². The summed E-state index contributed by atoms with van der Waals surface area (Å²) in [5, 5.41) is 1.75. The van der Waals surface area contributed by atoms with Crippen LogP contribution in [0.15, 0.2) is 84.9 Å². The summed E-state index contributed by atoms with van der Waals surface area (Å²) in [4.78, 5) is -0.995. The van der Waals surface area contributed by atoms with E-state index in [0.717, 1.165) is 0 Å². The molecule has 0 spiro atoms. The summed E-state index contributed by atoms with van der Waals surface area (Å²) >= 11 is 7.79. The second-order valence-corrected chi connectivity index (χ2v) is 67.5. The minimum absolute atomic E-state index is 0.276. The fourth-order valence-electron chi connectivity index (χ4n) is 12.8. The standard InChI is InChI=1S/C47H72ClPSi6Te/c1-50(2,3)44(51(4,5)6)33-31-37(45(52(7,8)9)53(10,11)12)43(38(32-33)46(54(13,14)15)55(16,17)18)56-49(48)47-39-28-22-19-25-34(39)42(35-26-20-23-29-40(35)47)36-27-21-24-30-41(36)47/h19-32,42,44-46H,1-18H3. The first-order valence-corrected chi connectivity index (χ1v) is 49.1. The van der Waals surface area contributed by atoms with Gasteiger partial charge in [0.15, 0.2) is 0 Å². The predicted octanol–water partition coefficient (Wildman–Crippen LogP) is 14.9. The summed E-state index contributed by atoms with van der Waals surface area (Å²) in [5.74, 6) is 0.276. The molecule has 0 nitrogen and oxygen atoms in total. The number of halogens is 1. The molecule has 0 saturated heterocycles. The van der Waals surface area contributed by atoms with Gasteiger partial charge in [0.05, 0.1) is 0 Å². The van der Waals surface area contributed by atoms with Crippen LogP contribution in [0.4, 0.5) is 0 Å². The topological polar surface area (TPSA) is 0 Å². The molecule has 4 aromatic rings. The average Bonchev–Trinajstić information content (AvgIpc) is 3.02. The van der Waals surface area contributed by atoms with Crippen molar-refractivity contribution in [2.45, 2.75) is 144 Å². The van der Waals surface area contributed by atoms with E-state index in [2.05, 4.69) is 203 Å². The second-order valence-electron chi connectivity index (χ2n) is 23.8. The van der Waals surface area contributed by atoms with Crippen LogP contribution in [0.3, 0.4) is 0 Å². The Morgan fingerprint density at radius 3 is 1.04 bits per heavy atom. The van der Waals surface area contributed by atoms with Crippen molar-refractivity contribution in [3.63, 3.8) is 0 Å². The van der Waals surface area contributed by atoms with Crippen molar-refractivity contribution in [1.29, 1.82) is 0 Å². The summed E-state index contributed by atoms with van der Waals surface area (Å²) in [6.45, 7) is 48.4. The third-order valence-corrected chi connectivity index (χ3v) is 51.0. The SMILES string of the molecule is C[Si](C)(C)C(c1cc(C([Si](C)(C)C)[Si](C)(C)C)c([Te]P(Cl)C23c4ccccc4C(c4ccccc42)c2ccccc23)c(C([Si](C)(C)C)[Si](C)(C)C)c1)[Si](C)(C)C. The molecule has 3 aliphatic carbocycles. The molecule has 0 N–H and O–H groups in total. The molecule has 4 aromatic carbocycles. The maximum atomic E-state index is 8.70.